The van der Waals surface area contributed by atoms with E-state index in [-0.39, 0.29) is 6.09 Å². The van der Waals surface area contributed by atoms with E-state index in [1.165, 1.54) is 5.57 Å². The molecule has 2 aromatic rings. The van der Waals surface area contributed by atoms with Crippen LogP contribution >= 0.6 is 11.6 Å². The molecule has 0 spiro atoms. The summed E-state index contributed by atoms with van der Waals surface area (Å²) in [7, 11) is 0. The number of piperidine rings is 1. The van der Waals surface area contributed by atoms with E-state index < -0.39 is 0 Å². The Morgan fingerprint density at radius 2 is 2.11 bits per heavy atom. The lowest BCUT2D eigenvalue weighted by atomic mass is 9.89. The van der Waals surface area contributed by atoms with Gasteiger partial charge in [-0.1, -0.05) is 23.2 Å². The van der Waals surface area contributed by atoms with Gasteiger partial charge in [0.05, 0.1) is 12.3 Å². The van der Waals surface area contributed by atoms with Crippen LogP contribution in [0.3, 0.4) is 0 Å². The van der Waals surface area contributed by atoms with Crippen LogP contribution in [-0.4, -0.2) is 35.7 Å². The molecule has 0 atom stereocenters. The molecule has 2 aliphatic rings. The largest absolute Gasteiger partial charge is 0.488 e. The van der Waals surface area contributed by atoms with E-state index in [1.54, 1.807) is 4.90 Å². The zero-order chi connectivity index (χ0) is 18.8. The molecule has 0 radical (unpaired) electrons. The molecule has 4 rings (SSSR count). The van der Waals surface area contributed by atoms with E-state index in [9.17, 15) is 4.79 Å². The van der Waals surface area contributed by atoms with Crippen LogP contribution in [0.15, 0.2) is 42.1 Å². The summed E-state index contributed by atoms with van der Waals surface area (Å²) in [5.74, 6) is 0.774. The molecule has 27 heavy (non-hydrogen) atoms. The van der Waals surface area contributed by atoms with Crippen LogP contribution in [0.5, 0.6) is 5.75 Å². The fraction of sp³-hybridized carbons (Fsp3) is 0.333. The number of ether oxygens (including phenoxy) is 2. The Morgan fingerprint density at radius 1 is 1.30 bits per heavy atom. The molecule has 0 N–H and O–H groups in total. The SMILES string of the molecule is CCOC(=O)N1CCC(=C2c3ccc(Cl)cc3OCc3cccnc32)CC1. The summed E-state index contributed by atoms with van der Waals surface area (Å²) in [5.41, 5.74) is 5.41. The maximum Gasteiger partial charge on any atom is 0.409 e. The Labute approximate surface area is 163 Å². The van der Waals surface area contributed by atoms with Gasteiger partial charge in [-0.25, -0.2) is 4.79 Å². The van der Waals surface area contributed by atoms with Crippen LogP contribution in [0.1, 0.15) is 36.6 Å². The van der Waals surface area contributed by atoms with E-state index in [4.69, 9.17) is 21.1 Å². The van der Waals surface area contributed by atoms with E-state index in [2.05, 4.69) is 4.98 Å². The second-order valence-corrected chi connectivity index (χ2v) is 7.04. The number of hydrogen-bond acceptors (Lipinski definition) is 4. The first kappa shape index (κ1) is 17.9. The number of hydrogen-bond donors (Lipinski definition) is 0. The van der Waals surface area contributed by atoms with Crippen molar-refractivity contribution in [2.24, 2.45) is 0 Å². The average molecular weight is 385 g/mol. The van der Waals surface area contributed by atoms with Crippen molar-refractivity contribution < 1.29 is 14.3 Å². The van der Waals surface area contributed by atoms with E-state index in [0.717, 1.165) is 41.0 Å². The van der Waals surface area contributed by atoms with Gasteiger partial charge >= 0.3 is 6.09 Å². The molecule has 0 aliphatic carbocycles. The van der Waals surface area contributed by atoms with Gasteiger partial charge in [-0.15, -0.1) is 0 Å². The smallest absolute Gasteiger partial charge is 0.409 e. The molecule has 140 valence electrons. The highest BCUT2D eigenvalue weighted by atomic mass is 35.5. The zero-order valence-electron chi connectivity index (χ0n) is 15.2. The number of pyridine rings is 1. The van der Waals surface area contributed by atoms with Crippen LogP contribution in [0.2, 0.25) is 5.02 Å². The van der Waals surface area contributed by atoms with E-state index in [0.29, 0.717) is 31.3 Å². The van der Waals surface area contributed by atoms with Gasteiger partial charge < -0.3 is 14.4 Å². The van der Waals surface area contributed by atoms with Gasteiger partial charge in [-0.2, -0.15) is 0 Å². The molecule has 1 amide bonds. The summed E-state index contributed by atoms with van der Waals surface area (Å²) in [6.45, 7) is 3.97. The second kappa shape index (κ2) is 7.61. The molecule has 0 unspecified atom stereocenters. The molecule has 1 aromatic heterocycles. The number of halogens is 1. The van der Waals surface area contributed by atoms with Crippen molar-refractivity contribution in [1.29, 1.82) is 0 Å². The first-order valence-electron chi connectivity index (χ1n) is 9.18. The quantitative estimate of drug-likeness (QED) is 0.716. The molecule has 0 bridgehead atoms. The summed E-state index contributed by atoms with van der Waals surface area (Å²) in [6.07, 6.45) is 3.14. The summed E-state index contributed by atoms with van der Waals surface area (Å²) in [6, 6.07) is 9.71. The number of nitrogens with zero attached hydrogens (tertiary/aromatic N) is 2. The molecule has 2 aliphatic heterocycles. The van der Waals surface area contributed by atoms with Crippen molar-refractivity contribution in [1.82, 2.24) is 9.88 Å². The van der Waals surface area contributed by atoms with Gasteiger partial charge in [0.1, 0.15) is 12.4 Å². The third kappa shape index (κ3) is 3.52. The number of rotatable bonds is 1. The van der Waals surface area contributed by atoms with Crippen molar-refractivity contribution in [3.05, 3.63) is 63.9 Å². The predicted octanol–water partition coefficient (Wildman–Crippen LogP) is 4.68. The van der Waals surface area contributed by atoms with Crippen LogP contribution < -0.4 is 4.74 Å². The first-order chi connectivity index (χ1) is 13.2. The number of carbonyl (C=O) groups excluding carboxylic acids is 1. The molecule has 1 fully saturated rings. The maximum absolute atomic E-state index is 12.0. The monoisotopic (exact) mass is 384 g/mol. The lowest BCUT2D eigenvalue weighted by Gasteiger charge is -2.29. The topological polar surface area (TPSA) is 51.7 Å². The number of fused-ring (bicyclic) bond motifs is 2. The standard InChI is InChI=1S/C21H21ClN2O3/c1-2-26-21(25)24-10-7-14(8-11-24)19-17-6-5-16(22)12-18(17)27-13-15-4-3-9-23-20(15)19/h3-6,9,12H,2,7-8,10-11,13H2,1H3. The maximum atomic E-state index is 12.0. The van der Waals surface area contributed by atoms with Crippen molar-refractivity contribution >= 4 is 23.3 Å². The van der Waals surface area contributed by atoms with E-state index >= 15 is 0 Å². The van der Waals surface area contributed by atoms with Crippen LogP contribution in [0.25, 0.3) is 5.57 Å². The summed E-state index contributed by atoms with van der Waals surface area (Å²) in [4.78, 5) is 18.4. The Bertz CT molecular complexity index is 900. The van der Waals surface area contributed by atoms with Crippen molar-refractivity contribution in [2.45, 2.75) is 26.4 Å². The zero-order valence-corrected chi connectivity index (χ0v) is 16.0. The molecule has 0 saturated carbocycles. The highest BCUT2D eigenvalue weighted by Crippen LogP contribution is 2.41. The third-order valence-corrected chi connectivity index (χ3v) is 5.21. The number of carbonyl (C=O) groups is 1. The normalized spacial score (nSPS) is 16.1. The average Bonchev–Trinajstić information content (AvgIpc) is 2.85. The minimum absolute atomic E-state index is 0.239. The Hall–Kier alpha value is -2.53. The molecule has 6 heteroatoms. The molecule has 1 aromatic carbocycles. The fourth-order valence-corrected chi connectivity index (χ4v) is 3.83. The van der Waals surface area contributed by atoms with Gasteiger partial charge in [0.25, 0.3) is 0 Å². The predicted molar refractivity (Wildman–Crippen MR) is 104 cm³/mol. The number of benzene rings is 1. The Balaban J connectivity index is 1.76. The third-order valence-electron chi connectivity index (χ3n) is 4.97. The molecular weight excluding hydrogens is 364 g/mol. The fourth-order valence-electron chi connectivity index (χ4n) is 3.67. The first-order valence-corrected chi connectivity index (χ1v) is 9.56. The number of aromatic nitrogens is 1. The van der Waals surface area contributed by atoms with E-state index in [1.807, 2.05) is 43.5 Å². The second-order valence-electron chi connectivity index (χ2n) is 6.60. The summed E-state index contributed by atoms with van der Waals surface area (Å²) < 4.78 is 11.2. The van der Waals surface area contributed by atoms with Gasteiger partial charge in [0, 0.05) is 41.0 Å². The Kier molecular flexibility index (Phi) is 5.03. The molecule has 3 heterocycles. The minimum Gasteiger partial charge on any atom is -0.488 e. The van der Waals surface area contributed by atoms with Gasteiger partial charge in [0.15, 0.2) is 0 Å². The van der Waals surface area contributed by atoms with Gasteiger partial charge in [-0.05, 0) is 44.0 Å². The summed E-state index contributed by atoms with van der Waals surface area (Å²) >= 11 is 6.19. The molecule has 1 saturated heterocycles. The van der Waals surface area contributed by atoms with Crippen molar-refractivity contribution in [2.75, 3.05) is 19.7 Å². The van der Waals surface area contributed by atoms with Gasteiger partial charge in [0.2, 0.25) is 0 Å². The van der Waals surface area contributed by atoms with Crippen LogP contribution in [-0.2, 0) is 11.3 Å². The number of amides is 1. The number of likely N-dealkylation sites (tertiary alicyclic amines) is 1. The van der Waals surface area contributed by atoms with Crippen molar-refractivity contribution in [3.8, 4) is 5.75 Å². The molecule has 5 nitrogen and oxygen atoms in total. The van der Waals surface area contributed by atoms with Crippen LogP contribution in [0.4, 0.5) is 4.79 Å². The summed E-state index contributed by atoms with van der Waals surface area (Å²) in [5, 5.41) is 0.647. The Morgan fingerprint density at radius 3 is 2.89 bits per heavy atom. The van der Waals surface area contributed by atoms with Gasteiger partial charge in [-0.3, -0.25) is 4.98 Å². The highest BCUT2D eigenvalue weighted by molar-refractivity contribution is 6.30. The van der Waals surface area contributed by atoms with Crippen molar-refractivity contribution in [3.63, 3.8) is 0 Å². The lowest BCUT2D eigenvalue weighted by Crippen LogP contribution is -2.37. The lowest BCUT2D eigenvalue weighted by molar-refractivity contribution is 0.104. The minimum atomic E-state index is -0.239. The highest BCUT2D eigenvalue weighted by Gasteiger charge is 2.27. The van der Waals surface area contributed by atoms with Crippen LogP contribution in [0, 0.1) is 0 Å². The molecular formula is C21H21ClN2O3.